The van der Waals surface area contributed by atoms with Crippen LogP contribution in [0.4, 0.5) is 5.88 Å². The van der Waals surface area contributed by atoms with Gasteiger partial charge < -0.3 is 4.74 Å². The van der Waals surface area contributed by atoms with Crippen molar-refractivity contribution < 1.29 is 18.8 Å². The van der Waals surface area contributed by atoms with Gasteiger partial charge >= 0.3 is 5.88 Å². The molecule has 0 bridgehead atoms. The number of halogens is 1. The van der Waals surface area contributed by atoms with E-state index in [2.05, 4.69) is 10.6 Å². The zero-order valence-electron chi connectivity index (χ0n) is 11.2. The predicted molar refractivity (Wildman–Crippen MR) is 74.9 cm³/mol. The maximum absolute atomic E-state index is 12.1. The number of nitrogens with zero attached hydrogens (tertiary/aromatic N) is 3. The highest BCUT2D eigenvalue weighted by Crippen LogP contribution is 2.12. The van der Waals surface area contributed by atoms with Crippen LogP contribution in [0.3, 0.4) is 0 Å². The summed E-state index contributed by atoms with van der Waals surface area (Å²) in [4.78, 5) is 13.6. The number of carbonyl (C=O) groups excluding carboxylic acids is 1. The molecule has 7 nitrogen and oxygen atoms in total. The minimum absolute atomic E-state index is 0.270. The summed E-state index contributed by atoms with van der Waals surface area (Å²) in [7, 11) is 0. The van der Waals surface area contributed by atoms with Gasteiger partial charge in [-0.1, -0.05) is 17.7 Å². The summed E-state index contributed by atoms with van der Waals surface area (Å²) in [5.41, 5.74) is 0.455. The number of aromatic nitrogens is 2. The van der Waals surface area contributed by atoms with Crippen molar-refractivity contribution in [1.29, 1.82) is 0 Å². The predicted octanol–water partition coefficient (Wildman–Crippen LogP) is 0.836. The fourth-order valence-corrected chi connectivity index (χ4v) is 2.19. The van der Waals surface area contributed by atoms with Gasteiger partial charge in [-0.3, -0.25) is 14.6 Å². The second-order valence-corrected chi connectivity index (χ2v) is 4.95. The van der Waals surface area contributed by atoms with Gasteiger partial charge in [0.05, 0.1) is 31.1 Å². The molecule has 1 amide bonds. The first-order chi connectivity index (χ1) is 10.2. The molecule has 0 spiro atoms. The van der Waals surface area contributed by atoms with E-state index in [4.69, 9.17) is 20.9 Å². The molecule has 2 heterocycles. The number of morpholine rings is 1. The van der Waals surface area contributed by atoms with Crippen LogP contribution in [0.2, 0.25) is 5.02 Å². The number of benzene rings is 1. The smallest absolute Gasteiger partial charge is 0.306 e. The van der Waals surface area contributed by atoms with Crippen molar-refractivity contribution in [1.82, 2.24) is 5.27 Å². The van der Waals surface area contributed by atoms with Gasteiger partial charge in [-0.25, -0.2) is 0 Å². The maximum Gasteiger partial charge on any atom is 0.306 e. The van der Waals surface area contributed by atoms with Crippen LogP contribution in [-0.2, 0) is 4.74 Å². The van der Waals surface area contributed by atoms with Crippen molar-refractivity contribution in [3.05, 3.63) is 41.0 Å². The number of nitrogens with one attached hydrogen (secondary N) is 1. The summed E-state index contributed by atoms with van der Waals surface area (Å²) in [6, 6.07) is 6.68. The Balaban J connectivity index is 1.68. The highest BCUT2D eigenvalue weighted by Gasteiger charge is 2.23. The second kappa shape index (κ2) is 6.11. The number of ether oxygens (including phenoxy) is 1. The third-order valence-electron chi connectivity index (χ3n) is 3.06. The zero-order valence-corrected chi connectivity index (χ0v) is 11.9. The van der Waals surface area contributed by atoms with Crippen LogP contribution >= 0.6 is 11.6 Å². The maximum atomic E-state index is 12.1. The van der Waals surface area contributed by atoms with E-state index in [9.17, 15) is 4.79 Å². The Bertz CT molecular complexity index is 640. The third-order valence-corrected chi connectivity index (χ3v) is 3.29. The van der Waals surface area contributed by atoms with Crippen LogP contribution in [0.5, 0.6) is 0 Å². The number of hydrogen-bond donors (Lipinski definition) is 1. The molecule has 1 aliphatic rings. The Kier molecular flexibility index (Phi) is 4.03. The molecule has 1 N–H and O–H groups in total. The summed E-state index contributed by atoms with van der Waals surface area (Å²) < 4.78 is 10.4. The van der Waals surface area contributed by atoms with Gasteiger partial charge in [0.1, 0.15) is 0 Å². The van der Waals surface area contributed by atoms with Gasteiger partial charge in [-0.05, 0) is 18.2 Å². The van der Waals surface area contributed by atoms with Crippen molar-refractivity contribution in [2.24, 2.45) is 0 Å². The van der Waals surface area contributed by atoms with Gasteiger partial charge in [-0.15, -0.1) is 5.01 Å². The van der Waals surface area contributed by atoms with Crippen molar-refractivity contribution in [3.63, 3.8) is 0 Å². The molecule has 0 saturated carbocycles. The molecular weight excluding hydrogens is 296 g/mol. The van der Waals surface area contributed by atoms with Crippen molar-refractivity contribution in [3.8, 4) is 0 Å². The van der Waals surface area contributed by atoms with E-state index in [-0.39, 0.29) is 11.8 Å². The molecule has 110 valence electrons. The average Bonchev–Trinajstić information content (AvgIpc) is 2.97. The van der Waals surface area contributed by atoms with Gasteiger partial charge in [0.2, 0.25) is 5.27 Å². The lowest BCUT2D eigenvalue weighted by atomic mass is 10.2. The molecule has 0 unspecified atom stereocenters. The number of hydrogen-bond acceptors (Lipinski definition) is 5. The molecule has 1 aliphatic heterocycles. The molecule has 0 atom stereocenters. The lowest BCUT2D eigenvalue weighted by molar-refractivity contribution is -0.759. The van der Waals surface area contributed by atoms with Gasteiger partial charge in [0.15, 0.2) is 0 Å². The van der Waals surface area contributed by atoms with Crippen LogP contribution in [-0.4, -0.2) is 37.5 Å². The highest BCUT2D eigenvalue weighted by molar-refractivity contribution is 6.31. The summed E-state index contributed by atoms with van der Waals surface area (Å²) in [6.45, 7) is 2.73. The largest absolute Gasteiger partial charge is 0.377 e. The van der Waals surface area contributed by atoms with E-state index in [1.807, 2.05) is 5.01 Å². The summed E-state index contributed by atoms with van der Waals surface area (Å²) in [5, 5.41) is 8.98. The minimum atomic E-state index is -0.303. The van der Waals surface area contributed by atoms with E-state index >= 15 is 0 Å². The van der Waals surface area contributed by atoms with Gasteiger partial charge in [0, 0.05) is 10.6 Å². The monoisotopic (exact) mass is 309 g/mol. The SMILES string of the molecule is O=C(Nc1c[n+](N2CCOCC2)no1)c1cccc(Cl)c1. The first-order valence-corrected chi connectivity index (χ1v) is 6.89. The molecule has 21 heavy (non-hydrogen) atoms. The lowest BCUT2D eigenvalue weighted by Gasteiger charge is -2.18. The lowest BCUT2D eigenvalue weighted by Crippen LogP contribution is -2.62. The number of amides is 1. The fourth-order valence-electron chi connectivity index (χ4n) is 2.00. The molecule has 1 fully saturated rings. The van der Waals surface area contributed by atoms with Crippen LogP contribution in [0, 0.1) is 0 Å². The molecule has 1 saturated heterocycles. The quantitative estimate of drug-likeness (QED) is 0.851. The van der Waals surface area contributed by atoms with Crippen LogP contribution in [0.1, 0.15) is 10.4 Å². The summed E-state index contributed by atoms with van der Waals surface area (Å²) >= 11 is 5.86. The van der Waals surface area contributed by atoms with Crippen LogP contribution in [0.25, 0.3) is 0 Å². The number of anilines is 1. The number of carbonyl (C=O) groups is 1. The molecule has 1 aromatic heterocycles. The summed E-state index contributed by atoms with van der Waals surface area (Å²) in [5.74, 6) is -0.0331. The van der Waals surface area contributed by atoms with E-state index in [0.717, 1.165) is 13.1 Å². The zero-order chi connectivity index (χ0) is 14.7. The fraction of sp³-hybridized carbons (Fsp3) is 0.308. The molecule has 3 rings (SSSR count). The Morgan fingerprint density at radius 3 is 2.95 bits per heavy atom. The highest BCUT2D eigenvalue weighted by atomic mass is 35.5. The van der Waals surface area contributed by atoms with Gasteiger partial charge in [-0.2, -0.15) is 0 Å². The summed E-state index contributed by atoms with van der Waals surface area (Å²) in [6.07, 6.45) is 1.62. The van der Waals surface area contributed by atoms with E-state index in [1.54, 1.807) is 35.3 Å². The third kappa shape index (κ3) is 3.32. The average molecular weight is 310 g/mol. The molecule has 1 aromatic carbocycles. The molecule has 0 aliphatic carbocycles. The van der Waals surface area contributed by atoms with E-state index in [1.165, 1.54) is 0 Å². The number of rotatable bonds is 3. The van der Waals surface area contributed by atoms with E-state index in [0.29, 0.717) is 23.8 Å². The van der Waals surface area contributed by atoms with E-state index < -0.39 is 0 Å². The Morgan fingerprint density at radius 1 is 1.38 bits per heavy atom. The molecule has 2 aromatic rings. The Morgan fingerprint density at radius 2 is 2.19 bits per heavy atom. The molecule has 0 radical (unpaired) electrons. The minimum Gasteiger partial charge on any atom is -0.377 e. The van der Waals surface area contributed by atoms with Crippen molar-refractivity contribution >= 4 is 23.4 Å². The first-order valence-electron chi connectivity index (χ1n) is 6.51. The van der Waals surface area contributed by atoms with Gasteiger partial charge in [0.25, 0.3) is 12.1 Å². The van der Waals surface area contributed by atoms with Crippen molar-refractivity contribution in [2.75, 3.05) is 36.6 Å². The Labute approximate surface area is 126 Å². The molecule has 8 heteroatoms. The Hall–Kier alpha value is -2.12. The molecular formula is C13H14ClN4O3+. The standard InChI is InChI=1S/C13H13ClN4O3/c14-11-3-1-2-10(8-11)13(19)15-12-9-18(16-21-12)17-4-6-20-7-5-17/h1-3,8-9H,4-7H2/p+1. The van der Waals surface area contributed by atoms with Crippen LogP contribution in [0.15, 0.2) is 35.0 Å². The topological polar surface area (TPSA) is 71.5 Å². The van der Waals surface area contributed by atoms with Crippen molar-refractivity contribution in [2.45, 2.75) is 0 Å². The second-order valence-electron chi connectivity index (χ2n) is 4.52. The van der Waals surface area contributed by atoms with Crippen LogP contribution < -0.4 is 15.1 Å². The first kappa shape index (κ1) is 13.8. The normalized spacial score (nSPS) is 15.0.